The lowest BCUT2D eigenvalue weighted by atomic mass is 10.2. The molecule has 0 aliphatic heterocycles. The summed E-state index contributed by atoms with van der Waals surface area (Å²) in [5.74, 6) is 1.33. The van der Waals surface area contributed by atoms with Crippen LogP contribution >= 0.6 is 0 Å². The number of amides is 1. The number of carbonyl (C=O) groups is 1. The van der Waals surface area contributed by atoms with Gasteiger partial charge in [-0.15, -0.1) is 0 Å². The molecule has 0 saturated heterocycles. The number of nitrogens with one attached hydrogen (secondary N) is 2. The van der Waals surface area contributed by atoms with Gasteiger partial charge in [-0.1, -0.05) is 13.3 Å². The highest BCUT2D eigenvalue weighted by molar-refractivity contribution is 6.04. The lowest BCUT2D eigenvalue weighted by Gasteiger charge is -2.10. The number of nitrogens with zero attached hydrogens (tertiary/aromatic N) is 1. The van der Waals surface area contributed by atoms with Crippen LogP contribution in [0.15, 0.2) is 36.5 Å². The number of pyridine rings is 1. The number of anilines is 2. The van der Waals surface area contributed by atoms with Gasteiger partial charge in [0.2, 0.25) is 0 Å². The Bertz CT molecular complexity index is 672. The van der Waals surface area contributed by atoms with E-state index in [4.69, 9.17) is 9.47 Å². The number of hydrogen-bond acceptors (Lipinski definition) is 5. The van der Waals surface area contributed by atoms with E-state index in [1.54, 1.807) is 37.6 Å². The molecule has 0 radical (unpaired) electrons. The van der Waals surface area contributed by atoms with Gasteiger partial charge in [0.25, 0.3) is 5.91 Å². The highest BCUT2D eigenvalue weighted by atomic mass is 16.5. The summed E-state index contributed by atoms with van der Waals surface area (Å²) in [6.45, 7) is 3.06. The van der Waals surface area contributed by atoms with Crippen molar-refractivity contribution in [3.05, 3.63) is 42.1 Å². The molecule has 0 aliphatic carbocycles. The van der Waals surface area contributed by atoms with E-state index in [1.165, 1.54) is 7.11 Å². The van der Waals surface area contributed by atoms with Crippen molar-refractivity contribution in [2.45, 2.75) is 19.8 Å². The summed E-state index contributed by atoms with van der Waals surface area (Å²) in [5, 5.41) is 6.05. The summed E-state index contributed by atoms with van der Waals surface area (Å²) < 4.78 is 10.4. The van der Waals surface area contributed by atoms with Crippen LogP contribution in [0.5, 0.6) is 11.5 Å². The predicted octanol–water partition coefficient (Wildman–Crippen LogP) is 3.56. The second-order valence-corrected chi connectivity index (χ2v) is 5.24. The zero-order chi connectivity index (χ0) is 17.4. The number of hydrogen-bond donors (Lipinski definition) is 2. The zero-order valence-electron chi connectivity index (χ0n) is 14.3. The molecule has 1 aromatic heterocycles. The first-order valence-electron chi connectivity index (χ1n) is 7.91. The number of benzene rings is 1. The van der Waals surface area contributed by atoms with Crippen molar-refractivity contribution in [3.8, 4) is 11.5 Å². The molecule has 24 heavy (non-hydrogen) atoms. The van der Waals surface area contributed by atoms with Crippen LogP contribution in [0.25, 0.3) is 0 Å². The van der Waals surface area contributed by atoms with Crippen LogP contribution in [-0.2, 0) is 0 Å². The summed E-state index contributed by atoms with van der Waals surface area (Å²) in [7, 11) is 3.09. The first kappa shape index (κ1) is 17.6. The van der Waals surface area contributed by atoms with Gasteiger partial charge in [0.05, 0.1) is 26.1 Å². The Kier molecular flexibility index (Phi) is 6.42. The highest BCUT2D eigenvalue weighted by Crippen LogP contribution is 2.27. The van der Waals surface area contributed by atoms with Gasteiger partial charge in [-0.25, -0.2) is 4.98 Å². The maximum atomic E-state index is 12.3. The Balaban J connectivity index is 2.01. The van der Waals surface area contributed by atoms with Crippen LogP contribution in [0.1, 0.15) is 30.1 Å². The molecule has 6 heteroatoms. The van der Waals surface area contributed by atoms with Crippen molar-refractivity contribution >= 4 is 17.4 Å². The lowest BCUT2D eigenvalue weighted by Crippen LogP contribution is -2.13. The average molecular weight is 329 g/mol. The molecule has 1 aromatic carbocycles. The highest BCUT2D eigenvalue weighted by Gasteiger charge is 2.11. The number of rotatable bonds is 8. The van der Waals surface area contributed by atoms with E-state index in [9.17, 15) is 4.79 Å². The molecule has 0 bridgehead atoms. The van der Waals surface area contributed by atoms with Crippen LogP contribution in [0.2, 0.25) is 0 Å². The molecule has 2 N–H and O–H groups in total. The fourth-order valence-electron chi connectivity index (χ4n) is 2.15. The first-order valence-corrected chi connectivity index (χ1v) is 7.91. The average Bonchev–Trinajstić information content (AvgIpc) is 2.62. The monoisotopic (exact) mass is 329 g/mol. The number of methoxy groups -OCH3 is 2. The Labute approximate surface area is 142 Å². The Morgan fingerprint density at radius 2 is 1.92 bits per heavy atom. The molecular weight excluding hydrogens is 306 g/mol. The normalized spacial score (nSPS) is 10.1. The molecular formula is C18H23N3O3. The van der Waals surface area contributed by atoms with Crippen molar-refractivity contribution in [1.29, 1.82) is 0 Å². The summed E-state index contributed by atoms with van der Waals surface area (Å²) in [6, 6.07) is 8.67. The molecule has 1 heterocycles. The molecule has 0 saturated carbocycles. The van der Waals surface area contributed by atoms with Gasteiger partial charge in [0, 0.05) is 12.1 Å². The Morgan fingerprint density at radius 1 is 1.12 bits per heavy atom. The Hall–Kier alpha value is -2.76. The Morgan fingerprint density at radius 3 is 2.54 bits per heavy atom. The molecule has 0 aliphatic rings. The molecule has 1 amide bonds. The van der Waals surface area contributed by atoms with E-state index in [0.717, 1.165) is 25.1 Å². The topological polar surface area (TPSA) is 72.5 Å². The van der Waals surface area contributed by atoms with E-state index >= 15 is 0 Å². The third-order valence-corrected chi connectivity index (χ3v) is 3.51. The lowest BCUT2D eigenvalue weighted by molar-refractivity contribution is 0.102. The van der Waals surface area contributed by atoms with Gasteiger partial charge in [-0.2, -0.15) is 0 Å². The van der Waals surface area contributed by atoms with Crippen molar-refractivity contribution in [1.82, 2.24) is 4.98 Å². The minimum absolute atomic E-state index is 0.254. The number of aromatic nitrogens is 1. The van der Waals surface area contributed by atoms with E-state index in [1.807, 2.05) is 6.07 Å². The second kappa shape index (κ2) is 8.76. The van der Waals surface area contributed by atoms with E-state index in [0.29, 0.717) is 22.9 Å². The van der Waals surface area contributed by atoms with Crippen LogP contribution in [-0.4, -0.2) is 31.7 Å². The second-order valence-electron chi connectivity index (χ2n) is 5.24. The van der Waals surface area contributed by atoms with Crippen LogP contribution < -0.4 is 20.1 Å². The van der Waals surface area contributed by atoms with Gasteiger partial charge in [-0.05, 0) is 36.8 Å². The van der Waals surface area contributed by atoms with Crippen LogP contribution in [0, 0.1) is 0 Å². The molecule has 0 spiro atoms. The molecule has 0 unspecified atom stereocenters. The summed E-state index contributed by atoms with van der Waals surface area (Å²) >= 11 is 0. The predicted molar refractivity (Wildman–Crippen MR) is 95.1 cm³/mol. The standard InChI is InChI=1S/C18H23N3O3/c1-4-5-10-19-14-7-9-17(20-12-14)21-18(22)13-6-8-15(23-2)16(11-13)24-3/h6-9,11-12,19H,4-5,10H2,1-3H3,(H,20,21,22). The molecule has 128 valence electrons. The van der Waals surface area contributed by atoms with Crippen molar-refractivity contribution < 1.29 is 14.3 Å². The van der Waals surface area contributed by atoms with Crippen LogP contribution in [0.4, 0.5) is 11.5 Å². The maximum Gasteiger partial charge on any atom is 0.256 e. The van der Waals surface area contributed by atoms with E-state index in [-0.39, 0.29) is 5.91 Å². The van der Waals surface area contributed by atoms with Crippen molar-refractivity contribution in [3.63, 3.8) is 0 Å². The molecule has 2 aromatic rings. The number of carbonyl (C=O) groups excluding carboxylic acids is 1. The number of ether oxygens (including phenoxy) is 2. The van der Waals surface area contributed by atoms with Crippen LogP contribution in [0.3, 0.4) is 0 Å². The van der Waals surface area contributed by atoms with Crippen molar-refractivity contribution in [2.75, 3.05) is 31.4 Å². The summed E-state index contributed by atoms with van der Waals surface area (Å²) in [4.78, 5) is 16.6. The minimum atomic E-state index is -0.254. The van der Waals surface area contributed by atoms with Gasteiger partial charge < -0.3 is 20.1 Å². The third-order valence-electron chi connectivity index (χ3n) is 3.51. The fraction of sp³-hybridized carbons (Fsp3) is 0.333. The zero-order valence-corrected chi connectivity index (χ0v) is 14.3. The summed E-state index contributed by atoms with van der Waals surface area (Å²) in [6.07, 6.45) is 3.96. The largest absolute Gasteiger partial charge is 0.493 e. The van der Waals surface area contributed by atoms with E-state index in [2.05, 4.69) is 22.5 Å². The smallest absolute Gasteiger partial charge is 0.256 e. The van der Waals surface area contributed by atoms with Gasteiger partial charge in [0.1, 0.15) is 5.82 Å². The minimum Gasteiger partial charge on any atom is -0.493 e. The quantitative estimate of drug-likeness (QED) is 0.725. The molecule has 0 fully saturated rings. The fourth-order valence-corrected chi connectivity index (χ4v) is 2.15. The third kappa shape index (κ3) is 4.62. The first-order chi connectivity index (χ1) is 11.7. The molecule has 2 rings (SSSR count). The van der Waals surface area contributed by atoms with E-state index < -0.39 is 0 Å². The van der Waals surface area contributed by atoms with Gasteiger partial charge >= 0.3 is 0 Å². The van der Waals surface area contributed by atoms with Gasteiger partial charge in [-0.3, -0.25) is 4.79 Å². The SMILES string of the molecule is CCCCNc1ccc(NC(=O)c2ccc(OC)c(OC)c2)nc1. The van der Waals surface area contributed by atoms with Crippen molar-refractivity contribution in [2.24, 2.45) is 0 Å². The van der Waals surface area contributed by atoms with Gasteiger partial charge in [0.15, 0.2) is 11.5 Å². The summed E-state index contributed by atoms with van der Waals surface area (Å²) in [5.41, 5.74) is 1.41. The molecule has 0 atom stereocenters. The molecule has 6 nitrogen and oxygen atoms in total. The maximum absolute atomic E-state index is 12.3. The number of unbranched alkanes of at least 4 members (excludes halogenated alkanes) is 1.